The molecule has 0 saturated carbocycles. The summed E-state index contributed by atoms with van der Waals surface area (Å²) < 4.78 is 5.33. The van der Waals surface area contributed by atoms with Crippen molar-refractivity contribution >= 4 is 5.97 Å². The lowest BCUT2D eigenvalue weighted by Crippen LogP contribution is -2.32. The number of nitriles is 1. The fourth-order valence-corrected chi connectivity index (χ4v) is 1.88. The van der Waals surface area contributed by atoms with E-state index < -0.39 is 11.4 Å². The molecule has 2 rings (SSSR count). The Bertz CT molecular complexity index is 490. The second kappa shape index (κ2) is 5.65. The third kappa shape index (κ3) is 2.52. The van der Waals surface area contributed by atoms with Crippen LogP contribution in [0.25, 0.3) is 0 Å². The molecule has 0 aliphatic carbocycles. The van der Waals surface area contributed by atoms with Crippen LogP contribution in [0.2, 0.25) is 0 Å². The van der Waals surface area contributed by atoms with Gasteiger partial charge in [-0.05, 0) is 30.2 Å². The van der Waals surface area contributed by atoms with Gasteiger partial charge in [0.2, 0.25) is 0 Å². The first-order valence-electron chi connectivity index (χ1n) is 5.92. The molecule has 0 spiro atoms. The molecule has 1 aromatic rings. The van der Waals surface area contributed by atoms with Crippen LogP contribution >= 0.6 is 0 Å². The Hall–Kier alpha value is -1.86. The Morgan fingerprint density at radius 2 is 2.17 bits per heavy atom. The number of nitrogens with zero attached hydrogens (tertiary/aromatic N) is 1. The van der Waals surface area contributed by atoms with Gasteiger partial charge in [-0.2, -0.15) is 5.26 Å². The number of hydrogen-bond acceptors (Lipinski definition) is 3. The second-order valence-electron chi connectivity index (χ2n) is 4.11. The summed E-state index contributed by atoms with van der Waals surface area (Å²) in [6, 6.07) is 7.01. The molecule has 1 aromatic carbocycles. The molecule has 0 bridgehead atoms. The van der Waals surface area contributed by atoms with Gasteiger partial charge in [-0.25, -0.2) is 4.79 Å². The van der Waals surface area contributed by atoms with Gasteiger partial charge >= 0.3 is 5.97 Å². The molecule has 0 radical (unpaired) electrons. The number of hydrogen-bond donors (Lipinski definition) is 1. The Labute approximate surface area is 107 Å². The zero-order valence-corrected chi connectivity index (χ0v) is 10.9. The minimum atomic E-state index is -0.977. The SMILES string of the molecule is CC.CC1(C#N)COCc2ccc(C(=O)O)cc21. The van der Waals surface area contributed by atoms with Gasteiger partial charge in [0.25, 0.3) is 0 Å². The van der Waals surface area contributed by atoms with Crippen LogP contribution in [0, 0.1) is 11.3 Å². The van der Waals surface area contributed by atoms with E-state index in [1.165, 1.54) is 6.07 Å². The first-order chi connectivity index (χ1) is 8.57. The summed E-state index contributed by atoms with van der Waals surface area (Å²) in [4.78, 5) is 10.9. The van der Waals surface area contributed by atoms with Crippen LogP contribution in [0.5, 0.6) is 0 Å². The predicted molar refractivity (Wildman–Crippen MR) is 67.4 cm³/mol. The number of ether oxygens (including phenoxy) is 1. The average Bonchev–Trinajstić information content (AvgIpc) is 2.41. The molecule has 1 aliphatic heterocycles. The van der Waals surface area contributed by atoms with E-state index in [1.807, 2.05) is 13.8 Å². The normalized spacial score (nSPS) is 21.0. The van der Waals surface area contributed by atoms with Gasteiger partial charge in [-0.1, -0.05) is 19.9 Å². The zero-order valence-electron chi connectivity index (χ0n) is 10.9. The number of carboxylic acid groups (broad SMARTS) is 1. The van der Waals surface area contributed by atoms with E-state index in [4.69, 9.17) is 15.1 Å². The molecule has 0 aromatic heterocycles. The van der Waals surface area contributed by atoms with Crippen LogP contribution in [-0.4, -0.2) is 17.7 Å². The van der Waals surface area contributed by atoms with E-state index in [9.17, 15) is 4.79 Å². The minimum Gasteiger partial charge on any atom is -0.478 e. The van der Waals surface area contributed by atoms with Gasteiger partial charge in [0.1, 0.15) is 5.41 Å². The number of carboxylic acids is 1. The first-order valence-corrected chi connectivity index (χ1v) is 5.92. The van der Waals surface area contributed by atoms with E-state index in [0.717, 1.165) is 11.1 Å². The molecule has 1 atom stereocenters. The molecule has 0 fully saturated rings. The predicted octanol–water partition coefficient (Wildman–Crippen LogP) is 2.72. The molecule has 1 heterocycles. The Morgan fingerprint density at radius 3 is 2.72 bits per heavy atom. The lowest BCUT2D eigenvalue weighted by atomic mass is 9.80. The van der Waals surface area contributed by atoms with Gasteiger partial charge in [-0.15, -0.1) is 0 Å². The summed E-state index contributed by atoms with van der Waals surface area (Å²) in [5.74, 6) is -0.977. The van der Waals surface area contributed by atoms with Crippen molar-refractivity contribution in [1.82, 2.24) is 0 Å². The van der Waals surface area contributed by atoms with E-state index in [-0.39, 0.29) is 5.56 Å². The number of benzene rings is 1. The van der Waals surface area contributed by atoms with Gasteiger partial charge in [0, 0.05) is 0 Å². The number of aromatic carboxylic acids is 1. The largest absolute Gasteiger partial charge is 0.478 e. The van der Waals surface area contributed by atoms with Crippen molar-refractivity contribution < 1.29 is 14.6 Å². The third-order valence-electron chi connectivity index (χ3n) is 2.85. The highest BCUT2D eigenvalue weighted by Crippen LogP contribution is 2.32. The summed E-state index contributed by atoms with van der Waals surface area (Å²) in [7, 11) is 0. The Morgan fingerprint density at radius 1 is 1.50 bits per heavy atom. The lowest BCUT2D eigenvalue weighted by Gasteiger charge is -2.29. The Kier molecular flexibility index (Phi) is 4.46. The maximum absolute atomic E-state index is 10.9. The van der Waals surface area contributed by atoms with E-state index in [2.05, 4.69) is 6.07 Å². The maximum atomic E-state index is 10.9. The molecule has 0 saturated heterocycles. The van der Waals surface area contributed by atoms with E-state index in [1.54, 1.807) is 19.1 Å². The van der Waals surface area contributed by atoms with Gasteiger partial charge in [0.05, 0.1) is 24.8 Å². The average molecular weight is 247 g/mol. The van der Waals surface area contributed by atoms with Crippen LogP contribution in [0.1, 0.15) is 42.3 Å². The van der Waals surface area contributed by atoms with Crippen molar-refractivity contribution in [2.45, 2.75) is 32.8 Å². The van der Waals surface area contributed by atoms with Crippen molar-refractivity contribution in [3.8, 4) is 6.07 Å². The quantitative estimate of drug-likeness (QED) is 0.828. The van der Waals surface area contributed by atoms with Crippen molar-refractivity contribution in [3.05, 3.63) is 34.9 Å². The van der Waals surface area contributed by atoms with Crippen molar-refractivity contribution in [3.63, 3.8) is 0 Å². The first kappa shape index (κ1) is 14.2. The summed E-state index contributed by atoms with van der Waals surface area (Å²) >= 11 is 0. The second-order valence-corrected chi connectivity index (χ2v) is 4.11. The molecule has 4 nitrogen and oxygen atoms in total. The van der Waals surface area contributed by atoms with Gasteiger partial charge in [0.15, 0.2) is 0 Å². The monoisotopic (exact) mass is 247 g/mol. The van der Waals surface area contributed by atoms with Crippen LogP contribution in [0.3, 0.4) is 0 Å². The topological polar surface area (TPSA) is 70.3 Å². The molecule has 4 heteroatoms. The number of carbonyl (C=O) groups is 1. The molecule has 96 valence electrons. The van der Waals surface area contributed by atoms with Crippen molar-refractivity contribution in [2.75, 3.05) is 6.61 Å². The standard InChI is InChI=1S/C12H11NO3.C2H6/c1-12(6-13)7-16-5-9-3-2-8(11(14)15)4-10(9)12;1-2/h2-4H,5,7H2,1H3,(H,14,15);1-2H3. The number of rotatable bonds is 1. The fourth-order valence-electron chi connectivity index (χ4n) is 1.88. The molecule has 1 aliphatic rings. The van der Waals surface area contributed by atoms with E-state index >= 15 is 0 Å². The maximum Gasteiger partial charge on any atom is 0.335 e. The third-order valence-corrected chi connectivity index (χ3v) is 2.85. The molecular weight excluding hydrogens is 230 g/mol. The number of fused-ring (bicyclic) bond motifs is 1. The smallest absolute Gasteiger partial charge is 0.335 e. The van der Waals surface area contributed by atoms with Crippen LogP contribution in [0.4, 0.5) is 0 Å². The van der Waals surface area contributed by atoms with Crippen molar-refractivity contribution in [2.24, 2.45) is 0 Å². The highest BCUT2D eigenvalue weighted by atomic mass is 16.5. The van der Waals surface area contributed by atoms with Crippen molar-refractivity contribution in [1.29, 1.82) is 5.26 Å². The van der Waals surface area contributed by atoms with Crippen LogP contribution in [0.15, 0.2) is 18.2 Å². The lowest BCUT2D eigenvalue weighted by molar-refractivity contribution is 0.0689. The summed E-state index contributed by atoms with van der Waals surface area (Å²) in [5, 5.41) is 18.1. The summed E-state index contributed by atoms with van der Waals surface area (Å²) in [5.41, 5.74) is 1.11. The molecule has 0 amide bonds. The molecule has 1 unspecified atom stereocenters. The van der Waals surface area contributed by atoms with Crippen LogP contribution < -0.4 is 0 Å². The van der Waals surface area contributed by atoms with Gasteiger partial charge in [-0.3, -0.25) is 0 Å². The molecular formula is C14H17NO3. The summed E-state index contributed by atoms with van der Waals surface area (Å²) in [6.45, 7) is 6.50. The van der Waals surface area contributed by atoms with Crippen LogP contribution in [-0.2, 0) is 16.8 Å². The highest BCUT2D eigenvalue weighted by Gasteiger charge is 2.33. The van der Waals surface area contributed by atoms with E-state index in [0.29, 0.717) is 13.2 Å². The fraction of sp³-hybridized carbons (Fsp3) is 0.429. The minimum absolute atomic E-state index is 0.210. The summed E-state index contributed by atoms with van der Waals surface area (Å²) in [6.07, 6.45) is 0. The highest BCUT2D eigenvalue weighted by molar-refractivity contribution is 5.88. The molecule has 18 heavy (non-hydrogen) atoms. The Balaban J connectivity index is 0.000000771. The molecule has 1 N–H and O–H groups in total. The van der Waals surface area contributed by atoms with Gasteiger partial charge < -0.3 is 9.84 Å². The zero-order chi connectivity index (χ0) is 13.8.